The smallest absolute Gasteiger partial charge is 0.225 e. The number of carbonyl (C=O) groups is 1. The van der Waals surface area contributed by atoms with Crippen LogP contribution in [0.5, 0.6) is 0 Å². The second-order valence-corrected chi connectivity index (χ2v) is 6.36. The van der Waals surface area contributed by atoms with Gasteiger partial charge >= 0.3 is 0 Å². The maximum absolute atomic E-state index is 12.1. The van der Waals surface area contributed by atoms with E-state index in [-0.39, 0.29) is 17.4 Å². The third kappa shape index (κ3) is 3.69. The van der Waals surface area contributed by atoms with Crippen LogP contribution in [-0.4, -0.2) is 29.5 Å². The van der Waals surface area contributed by atoms with E-state index in [1.165, 1.54) is 0 Å². The lowest BCUT2D eigenvalue weighted by atomic mass is 10.0. The van der Waals surface area contributed by atoms with Crippen LogP contribution in [0.2, 0.25) is 0 Å². The lowest BCUT2D eigenvalue weighted by Crippen LogP contribution is -2.44. The standard InChI is InChI=1S/C15H23N3O/c1-11-5-6-13(16-9-11)18-8-7-12(10-18)14(19)17-15(2,3)4/h5-6,9,12H,7-8,10H2,1-4H3,(H,17,19). The van der Waals surface area contributed by atoms with Crippen LogP contribution in [-0.2, 0) is 4.79 Å². The molecule has 1 aromatic heterocycles. The van der Waals surface area contributed by atoms with Crippen LogP contribution < -0.4 is 10.2 Å². The molecule has 1 aromatic rings. The van der Waals surface area contributed by atoms with E-state index in [1.807, 2.05) is 40.0 Å². The summed E-state index contributed by atoms with van der Waals surface area (Å²) in [6.45, 7) is 9.73. The molecule has 1 fully saturated rings. The van der Waals surface area contributed by atoms with Gasteiger partial charge in [-0.05, 0) is 45.7 Å². The van der Waals surface area contributed by atoms with Crippen LogP contribution in [0, 0.1) is 12.8 Å². The summed E-state index contributed by atoms with van der Waals surface area (Å²) in [4.78, 5) is 18.7. The first-order valence-electron chi connectivity index (χ1n) is 6.85. The van der Waals surface area contributed by atoms with Crippen molar-refractivity contribution >= 4 is 11.7 Å². The minimum absolute atomic E-state index is 0.0716. The van der Waals surface area contributed by atoms with Gasteiger partial charge in [-0.25, -0.2) is 4.98 Å². The molecular formula is C15H23N3O. The van der Waals surface area contributed by atoms with Crippen molar-refractivity contribution in [1.82, 2.24) is 10.3 Å². The van der Waals surface area contributed by atoms with E-state index in [2.05, 4.69) is 21.3 Å². The molecule has 1 aliphatic heterocycles. The maximum Gasteiger partial charge on any atom is 0.225 e. The normalized spacial score (nSPS) is 19.6. The summed E-state index contributed by atoms with van der Waals surface area (Å²) in [7, 11) is 0. The van der Waals surface area contributed by atoms with Crippen LogP contribution in [0.25, 0.3) is 0 Å². The fourth-order valence-electron chi connectivity index (χ4n) is 2.30. The topological polar surface area (TPSA) is 45.2 Å². The van der Waals surface area contributed by atoms with E-state index in [0.717, 1.165) is 30.9 Å². The highest BCUT2D eigenvalue weighted by Crippen LogP contribution is 2.22. The number of pyridine rings is 1. The van der Waals surface area contributed by atoms with Crippen molar-refractivity contribution in [2.45, 2.75) is 39.7 Å². The molecule has 0 bridgehead atoms. The summed E-state index contributed by atoms with van der Waals surface area (Å²) in [5, 5.41) is 3.06. The molecule has 19 heavy (non-hydrogen) atoms. The van der Waals surface area contributed by atoms with E-state index >= 15 is 0 Å². The Labute approximate surface area is 115 Å². The monoisotopic (exact) mass is 261 g/mol. The zero-order valence-electron chi connectivity index (χ0n) is 12.2. The molecule has 0 radical (unpaired) electrons. The van der Waals surface area contributed by atoms with Crippen LogP contribution in [0.1, 0.15) is 32.8 Å². The summed E-state index contributed by atoms with van der Waals surface area (Å²) in [6.07, 6.45) is 2.77. The Balaban J connectivity index is 1.96. The van der Waals surface area contributed by atoms with Gasteiger partial charge in [0.25, 0.3) is 0 Å². The Hall–Kier alpha value is -1.58. The zero-order valence-corrected chi connectivity index (χ0v) is 12.2. The van der Waals surface area contributed by atoms with Gasteiger partial charge in [-0.2, -0.15) is 0 Å². The number of hydrogen-bond acceptors (Lipinski definition) is 3. The highest BCUT2D eigenvalue weighted by Gasteiger charge is 2.30. The first-order chi connectivity index (χ1) is 8.85. The van der Waals surface area contributed by atoms with E-state index in [1.54, 1.807) is 0 Å². The summed E-state index contributed by atoms with van der Waals surface area (Å²) < 4.78 is 0. The van der Waals surface area contributed by atoms with Gasteiger partial charge in [-0.1, -0.05) is 6.07 Å². The third-order valence-corrected chi connectivity index (χ3v) is 3.28. The minimum Gasteiger partial charge on any atom is -0.356 e. The Morgan fingerprint density at radius 1 is 1.42 bits per heavy atom. The first-order valence-corrected chi connectivity index (χ1v) is 6.85. The van der Waals surface area contributed by atoms with Gasteiger partial charge in [0.05, 0.1) is 5.92 Å². The van der Waals surface area contributed by atoms with Crippen LogP contribution in [0.15, 0.2) is 18.3 Å². The number of rotatable bonds is 2. The Morgan fingerprint density at radius 3 is 2.74 bits per heavy atom. The second kappa shape index (κ2) is 5.19. The molecule has 1 amide bonds. The van der Waals surface area contributed by atoms with Gasteiger partial charge in [0.15, 0.2) is 0 Å². The van der Waals surface area contributed by atoms with Crippen molar-refractivity contribution in [1.29, 1.82) is 0 Å². The average molecular weight is 261 g/mol. The SMILES string of the molecule is Cc1ccc(N2CCC(C(=O)NC(C)(C)C)C2)nc1. The number of hydrogen-bond donors (Lipinski definition) is 1. The quantitative estimate of drug-likeness (QED) is 0.887. The van der Waals surface area contributed by atoms with Crippen molar-refractivity contribution in [3.05, 3.63) is 23.9 Å². The van der Waals surface area contributed by atoms with E-state index in [4.69, 9.17) is 0 Å². The van der Waals surface area contributed by atoms with Gasteiger partial charge in [-0.15, -0.1) is 0 Å². The number of amides is 1. The maximum atomic E-state index is 12.1. The number of aryl methyl sites for hydroxylation is 1. The molecule has 0 aromatic carbocycles. The number of carbonyl (C=O) groups excluding carboxylic acids is 1. The number of anilines is 1. The van der Waals surface area contributed by atoms with Crippen LogP contribution in [0.3, 0.4) is 0 Å². The highest BCUT2D eigenvalue weighted by molar-refractivity contribution is 5.80. The Bertz CT molecular complexity index is 447. The lowest BCUT2D eigenvalue weighted by Gasteiger charge is -2.23. The van der Waals surface area contributed by atoms with Gasteiger partial charge < -0.3 is 10.2 Å². The Kier molecular flexibility index (Phi) is 3.78. The molecule has 4 nitrogen and oxygen atoms in total. The molecule has 1 saturated heterocycles. The molecule has 1 unspecified atom stereocenters. The molecule has 104 valence electrons. The third-order valence-electron chi connectivity index (χ3n) is 3.28. The van der Waals surface area contributed by atoms with Crippen molar-refractivity contribution < 1.29 is 4.79 Å². The van der Waals surface area contributed by atoms with Crippen molar-refractivity contribution in [3.8, 4) is 0 Å². The molecule has 1 N–H and O–H groups in total. The molecule has 0 saturated carbocycles. The van der Waals surface area contributed by atoms with Crippen LogP contribution >= 0.6 is 0 Å². The summed E-state index contributed by atoms with van der Waals surface area (Å²) in [6, 6.07) is 4.09. The van der Waals surface area contributed by atoms with Gasteiger partial charge in [0.2, 0.25) is 5.91 Å². The molecule has 4 heteroatoms. The van der Waals surface area contributed by atoms with E-state index in [9.17, 15) is 4.79 Å². The fourth-order valence-corrected chi connectivity index (χ4v) is 2.30. The minimum atomic E-state index is -0.160. The predicted molar refractivity (Wildman–Crippen MR) is 77.2 cm³/mol. The molecular weight excluding hydrogens is 238 g/mol. The number of aromatic nitrogens is 1. The molecule has 1 aliphatic rings. The van der Waals surface area contributed by atoms with E-state index < -0.39 is 0 Å². The molecule has 1 atom stereocenters. The van der Waals surface area contributed by atoms with Gasteiger partial charge in [-0.3, -0.25) is 4.79 Å². The summed E-state index contributed by atoms with van der Waals surface area (Å²) in [5.41, 5.74) is 0.997. The fraction of sp³-hybridized carbons (Fsp3) is 0.600. The van der Waals surface area contributed by atoms with Crippen molar-refractivity contribution in [3.63, 3.8) is 0 Å². The second-order valence-electron chi connectivity index (χ2n) is 6.36. The van der Waals surface area contributed by atoms with Crippen molar-refractivity contribution in [2.75, 3.05) is 18.0 Å². The van der Waals surface area contributed by atoms with Gasteiger partial charge in [0, 0.05) is 24.8 Å². The molecule has 2 rings (SSSR count). The lowest BCUT2D eigenvalue weighted by molar-refractivity contribution is -0.125. The van der Waals surface area contributed by atoms with Gasteiger partial charge in [0.1, 0.15) is 5.82 Å². The Morgan fingerprint density at radius 2 is 2.16 bits per heavy atom. The molecule has 0 aliphatic carbocycles. The number of nitrogens with one attached hydrogen (secondary N) is 1. The molecule has 0 spiro atoms. The zero-order chi connectivity index (χ0) is 14.0. The molecule has 2 heterocycles. The average Bonchev–Trinajstić information content (AvgIpc) is 2.77. The van der Waals surface area contributed by atoms with E-state index in [0.29, 0.717) is 0 Å². The largest absolute Gasteiger partial charge is 0.356 e. The number of nitrogens with zero attached hydrogens (tertiary/aromatic N) is 2. The predicted octanol–water partition coefficient (Wildman–Crippen LogP) is 2.13. The first kappa shape index (κ1) is 13.8. The summed E-state index contributed by atoms with van der Waals surface area (Å²) >= 11 is 0. The summed E-state index contributed by atoms with van der Waals surface area (Å²) in [5.74, 6) is 1.20. The highest BCUT2D eigenvalue weighted by atomic mass is 16.2. The van der Waals surface area contributed by atoms with Crippen LogP contribution in [0.4, 0.5) is 5.82 Å². The van der Waals surface area contributed by atoms with Crippen molar-refractivity contribution in [2.24, 2.45) is 5.92 Å².